The molecule has 4 bridgehead atoms. The van der Waals surface area contributed by atoms with E-state index in [-0.39, 0.29) is 29.0 Å². The summed E-state index contributed by atoms with van der Waals surface area (Å²) in [4.78, 5) is 12.5. The van der Waals surface area contributed by atoms with Crippen molar-refractivity contribution in [3.63, 3.8) is 0 Å². The molecular weight excluding hydrogens is 352 g/mol. The van der Waals surface area contributed by atoms with Gasteiger partial charge >= 0.3 is 5.97 Å². The highest BCUT2D eigenvalue weighted by Crippen LogP contribution is 2.94. The fourth-order valence-corrected chi connectivity index (χ4v) is 8.17. The average molecular weight is 383 g/mol. The minimum Gasteiger partial charge on any atom is -0.504 e. The van der Waals surface area contributed by atoms with E-state index in [1.54, 1.807) is 12.1 Å². The topological polar surface area (TPSA) is 66.8 Å². The number of benzene rings is 1. The molecule has 150 valence electrons. The fraction of sp³-hybridized carbons (Fsp3) is 0.625. The summed E-state index contributed by atoms with van der Waals surface area (Å²) in [6.45, 7) is 9.63. The Labute approximate surface area is 166 Å². The first kappa shape index (κ1) is 18.1. The van der Waals surface area contributed by atoms with E-state index in [4.69, 9.17) is 4.74 Å². The standard InChI is InChI=1S/C24H30O4/c1-21(2)18(28-19(27)8-6-14-5-7-16(25)17(26)11-14)9-10-23(4)20-15-12-24(21,23)13-22(15,20)3/h5-8,11,15,18,20,25-26H,9-10,12-13H2,1-4H3/b8-6+/t15?,18-,20+,22-,23-,24-/m1/s1. The summed E-state index contributed by atoms with van der Waals surface area (Å²) in [5.74, 6) is 1.05. The Morgan fingerprint density at radius 2 is 1.93 bits per heavy atom. The van der Waals surface area contributed by atoms with Crippen LogP contribution in [0.3, 0.4) is 0 Å². The lowest BCUT2D eigenvalue weighted by Crippen LogP contribution is -2.56. The summed E-state index contributed by atoms with van der Waals surface area (Å²) < 4.78 is 5.99. The second-order valence-electron chi connectivity index (χ2n) is 10.7. The quantitative estimate of drug-likeness (QED) is 0.443. The Morgan fingerprint density at radius 3 is 2.57 bits per heavy atom. The summed E-state index contributed by atoms with van der Waals surface area (Å²) in [5.41, 5.74) is 1.85. The van der Waals surface area contributed by atoms with Crippen molar-refractivity contribution < 1.29 is 19.7 Å². The Bertz CT molecular complexity index is 902. The van der Waals surface area contributed by atoms with Gasteiger partial charge in [0.05, 0.1) is 0 Å². The maximum Gasteiger partial charge on any atom is 0.331 e. The largest absolute Gasteiger partial charge is 0.504 e. The molecule has 5 saturated carbocycles. The van der Waals surface area contributed by atoms with E-state index >= 15 is 0 Å². The molecule has 4 nitrogen and oxygen atoms in total. The molecule has 4 heteroatoms. The maximum absolute atomic E-state index is 12.5. The molecule has 0 saturated heterocycles. The Kier molecular flexibility index (Phi) is 3.32. The van der Waals surface area contributed by atoms with Gasteiger partial charge < -0.3 is 14.9 Å². The van der Waals surface area contributed by atoms with Crippen LogP contribution in [-0.4, -0.2) is 22.3 Å². The molecule has 0 heterocycles. The number of esters is 1. The fourth-order valence-electron chi connectivity index (χ4n) is 8.17. The van der Waals surface area contributed by atoms with Crippen LogP contribution in [0.4, 0.5) is 0 Å². The highest BCUT2D eigenvalue weighted by Gasteiger charge is 2.89. The number of carbonyl (C=O) groups excluding carboxylic acids is 1. The van der Waals surface area contributed by atoms with E-state index in [1.807, 2.05) is 0 Å². The van der Waals surface area contributed by atoms with Crippen molar-refractivity contribution in [2.24, 2.45) is 33.5 Å². The van der Waals surface area contributed by atoms with Gasteiger partial charge in [0.15, 0.2) is 11.5 Å². The first-order chi connectivity index (χ1) is 13.1. The maximum atomic E-state index is 12.5. The molecule has 6 atom stereocenters. The number of phenols is 2. The van der Waals surface area contributed by atoms with Crippen LogP contribution >= 0.6 is 0 Å². The summed E-state index contributed by atoms with van der Waals surface area (Å²) >= 11 is 0. The molecule has 6 rings (SSSR count). The minimum atomic E-state index is -0.336. The van der Waals surface area contributed by atoms with Crippen molar-refractivity contribution >= 4 is 12.0 Å². The van der Waals surface area contributed by atoms with Gasteiger partial charge in [0.25, 0.3) is 0 Å². The molecule has 5 aliphatic rings. The number of aromatic hydroxyl groups is 2. The summed E-state index contributed by atoms with van der Waals surface area (Å²) in [7, 11) is 0. The zero-order chi connectivity index (χ0) is 20.1. The Balaban J connectivity index is 1.33. The van der Waals surface area contributed by atoms with Crippen LogP contribution in [-0.2, 0) is 9.53 Å². The number of hydrogen-bond donors (Lipinski definition) is 2. The van der Waals surface area contributed by atoms with Crippen LogP contribution in [0.25, 0.3) is 6.08 Å². The SMILES string of the molecule is CC1(C)[C@H](OC(=O)/C=C/c2ccc(O)c(O)c2)CC[C@]2(C)[C@H]3C4C[C@@]12C[C@]43C. The Morgan fingerprint density at radius 1 is 1.18 bits per heavy atom. The molecule has 0 aliphatic heterocycles. The summed E-state index contributed by atoms with van der Waals surface area (Å²) in [6.07, 6.45) is 7.65. The first-order valence-electron chi connectivity index (χ1n) is 10.5. The second-order valence-corrected chi connectivity index (χ2v) is 10.7. The summed E-state index contributed by atoms with van der Waals surface area (Å²) in [6, 6.07) is 4.48. The molecule has 1 aromatic carbocycles. The molecule has 5 aliphatic carbocycles. The van der Waals surface area contributed by atoms with Gasteiger partial charge in [0.2, 0.25) is 0 Å². The zero-order valence-electron chi connectivity index (χ0n) is 17.2. The van der Waals surface area contributed by atoms with Gasteiger partial charge in [-0.25, -0.2) is 4.79 Å². The van der Waals surface area contributed by atoms with Gasteiger partial charge in [0.1, 0.15) is 6.10 Å². The van der Waals surface area contributed by atoms with E-state index in [1.165, 1.54) is 31.1 Å². The van der Waals surface area contributed by atoms with Crippen LogP contribution in [0.1, 0.15) is 58.9 Å². The van der Waals surface area contributed by atoms with E-state index < -0.39 is 0 Å². The highest BCUT2D eigenvalue weighted by atomic mass is 16.5. The molecule has 1 spiro atoms. The number of carbonyl (C=O) groups is 1. The predicted molar refractivity (Wildman–Crippen MR) is 107 cm³/mol. The molecule has 0 amide bonds. The van der Waals surface area contributed by atoms with Crippen LogP contribution in [0.5, 0.6) is 11.5 Å². The van der Waals surface area contributed by atoms with Gasteiger partial charge in [0, 0.05) is 11.5 Å². The number of hydrogen-bond acceptors (Lipinski definition) is 4. The van der Waals surface area contributed by atoms with Crippen molar-refractivity contribution in [1.29, 1.82) is 0 Å². The van der Waals surface area contributed by atoms with Gasteiger partial charge in [-0.2, -0.15) is 0 Å². The van der Waals surface area contributed by atoms with Crippen LogP contribution in [0.2, 0.25) is 0 Å². The molecule has 1 aromatic rings. The lowest BCUT2D eigenvalue weighted by atomic mass is 9.48. The zero-order valence-corrected chi connectivity index (χ0v) is 17.2. The number of rotatable bonds is 3. The lowest BCUT2D eigenvalue weighted by Gasteiger charge is -2.58. The van der Waals surface area contributed by atoms with E-state index in [2.05, 4.69) is 27.7 Å². The van der Waals surface area contributed by atoms with Gasteiger partial charge in [-0.3, -0.25) is 0 Å². The van der Waals surface area contributed by atoms with Gasteiger partial charge in [-0.15, -0.1) is 0 Å². The third kappa shape index (κ3) is 1.94. The molecule has 28 heavy (non-hydrogen) atoms. The smallest absolute Gasteiger partial charge is 0.331 e. The third-order valence-corrected chi connectivity index (χ3v) is 9.52. The molecule has 0 radical (unpaired) electrons. The minimum absolute atomic E-state index is 0.0262. The normalized spacial score (nSPS) is 44.5. The molecule has 1 unspecified atom stereocenters. The molecule has 5 fully saturated rings. The van der Waals surface area contributed by atoms with Crippen molar-refractivity contribution in [1.82, 2.24) is 0 Å². The lowest BCUT2D eigenvalue weighted by molar-refractivity contribution is -0.179. The number of phenolic OH excluding ortho intramolecular Hbond substituents is 2. The molecular formula is C24H30O4. The van der Waals surface area contributed by atoms with Crippen LogP contribution in [0.15, 0.2) is 24.3 Å². The van der Waals surface area contributed by atoms with E-state index in [0.29, 0.717) is 21.8 Å². The van der Waals surface area contributed by atoms with Crippen molar-refractivity contribution in [2.45, 2.75) is 59.5 Å². The average Bonchev–Trinajstić information content (AvgIpc) is 2.87. The van der Waals surface area contributed by atoms with Crippen molar-refractivity contribution in [3.8, 4) is 11.5 Å². The van der Waals surface area contributed by atoms with Crippen molar-refractivity contribution in [3.05, 3.63) is 29.8 Å². The monoisotopic (exact) mass is 382 g/mol. The number of ether oxygens (including phenoxy) is 1. The van der Waals surface area contributed by atoms with Crippen molar-refractivity contribution in [2.75, 3.05) is 0 Å². The third-order valence-electron chi connectivity index (χ3n) is 9.52. The van der Waals surface area contributed by atoms with E-state index in [0.717, 1.165) is 24.7 Å². The van der Waals surface area contributed by atoms with Crippen LogP contribution in [0, 0.1) is 33.5 Å². The highest BCUT2D eigenvalue weighted by molar-refractivity contribution is 5.87. The van der Waals surface area contributed by atoms with Gasteiger partial charge in [-0.05, 0) is 77.5 Å². The summed E-state index contributed by atoms with van der Waals surface area (Å²) in [5, 5.41) is 19.0. The predicted octanol–water partition coefficient (Wildman–Crippen LogP) is 4.90. The Hall–Kier alpha value is -1.97. The molecule has 0 aromatic heterocycles. The second kappa shape index (κ2) is 5.14. The first-order valence-corrected chi connectivity index (χ1v) is 10.5. The van der Waals surface area contributed by atoms with E-state index in [9.17, 15) is 15.0 Å². The van der Waals surface area contributed by atoms with Gasteiger partial charge in [-0.1, -0.05) is 33.8 Å². The molecule has 2 N–H and O–H groups in total. The van der Waals surface area contributed by atoms with Crippen LogP contribution < -0.4 is 0 Å².